The summed E-state index contributed by atoms with van der Waals surface area (Å²) in [5.74, 6) is 2.82. The van der Waals surface area contributed by atoms with Crippen molar-refractivity contribution in [3.05, 3.63) is 24.0 Å². The van der Waals surface area contributed by atoms with Crippen LogP contribution in [0.15, 0.2) is 18.3 Å². The van der Waals surface area contributed by atoms with Gasteiger partial charge in [-0.3, -0.25) is 0 Å². The molecule has 1 aliphatic rings. The third-order valence-corrected chi connectivity index (χ3v) is 4.00. The normalized spacial score (nSPS) is 19.0. The smallest absolute Gasteiger partial charge is 0.356 e. The molecule has 0 amide bonds. The Kier molecular flexibility index (Phi) is 4.25. The Balaban J connectivity index is 1.93. The van der Waals surface area contributed by atoms with Crippen LogP contribution in [0, 0.1) is 5.92 Å². The van der Waals surface area contributed by atoms with E-state index < -0.39 is 5.97 Å². The van der Waals surface area contributed by atoms with Crippen molar-refractivity contribution in [2.75, 3.05) is 30.5 Å². The molecule has 1 atom stereocenters. The summed E-state index contributed by atoms with van der Waals surface area (Å²) >= 11 is 2.00. The van der Waals surface area contributed by atoms with Crippen LogP contribution in [0.2, 0.25) is 0 Å². The number of hydrogen-bond acceptors (Lipinski definition) is 5. The van der Waals surface area contributed by atoms with Crippen LogP contribution in [0.1, 0.15) is 16.9 Å². The van der Waals surface area contributed by atoms with E-state index in [1.165, 1.54) is 25.0 Å². The molecule has 1 aromatic rings. The number of carbonyl (C=O) groups is 1. The van der Waals surface area contributed by atoms with Gasteiger partial charge >= 0.3 is 5.97 Å². The first-order valence-electron chi connectivity index (χ1n) is 5.65. The summed E-state index contributed by atoms with van der Waals surface area (Å²) in [6.07, 6.45) is 2.89. The summed E-state index contributed by atoms with van der Waals surface area (Å²) in [5, 5.41) is 3.34. The van der Waals surface area contributed by atoms with E-state index in [0.29, 0.717) is 5.69 Å². The highest BCUT2D eigenvalue weighted by atomic mass is 32.2. The van der Waals surface area contributed by atoms with Crippen molar-refractivity contribution in [3.63, 3.8) is 0 Å². The number of carbonyl (C=O) groups excluding carboxylic acids is 1. The van der Waals surface area contributed by atoms with Gasteiger partial charge in [0, 0.05) is 18.4 Å². The lowest BCUT2D eigenvalue weighted by Gasteiger charge is -2.11. The molecule has 1 fully saturated rings. The van der Waals surface area contributed by atoms with Crippen LogP contribution in [0.5, 0.6) is 0 Å². The topological polar surface area (TPSA) is 51.2 Å². The summed E-state index contributed by atoms with van der Waals surface area (Å²) in [5.41, 5.74) is 1.27. The van der Waals surface area contributed by atoms with Crippen molar-refractivity contribution in [1.82, 2.24) is 4.98 Å². The number of hydrogen-bond donors (Lipinski definition) is 1. The van der Waals surface area contributed by atoms with Crippen molar-refractivity contribution >= 4 is 23.4 Å². The van der Waals surface area contributed by atoms with Crippen molar-refractivity contribution in [3.8, 4) is 0 Å². The molecular weight excluding hydrogens is 236 g/mol. The van der Waals surface area contributed by atoms with Crippen molar-refractivity contribution in [1.29, 1.82) is 0 Å². The summed E-state index contributed by atoms with van der Waals surface area (Å²) in [4.78, 5) is 15.3. The Morgan fingerprint density at radius 2 is 2.59 bits per heavy atom. The molecule has 1 N–H and O–H groups in total. The highest BCUT2D eigenvalue weighted by molar-refractivity contribution is 7.99. The molecule has 1 aromatic heterocycles. The van der Waals surface area contributed by atoms with E-state index >= 15 is 0 Å². The highest BCUT2D eigenvalue weighted by Crippen LogP contribution is 2.23. The summed E-state index contributed by atoms with van der Waals surface area (Å²) in [6.45, 7) is 0.956. The number of aromatic nitrogens is 1. The molecule has 0 spiro atoms. The lowest BCUT2D eigenvalue weighted by Crippen LogP contribution is -2.14. The fourth-order valence-electron chi connectivity index (χ4n) is 1.76. The van der Waals surface area contributed by atoms with Crippen LogP contribution in [0.3, 0.4) is 0 Å². The van der Waals surface area contributed by atoms with Gasteiger partial charge in [-0.15, -0.1) is 0 Å². The van der Waals surface area contributed by atoms with Gasteiger partial charge in [-0.1, -0.05) is 0 Å². The largest absolute Gasteiger partial charge is 0.464 e. The molecule has 1 saturated heterocycles. The minimum Gasteiger partial charge on any atom is -0.464 e. The maximum Gasteiger partial charge on any atom is 0.356 e. The molecule has 1 aliphatic heterocycles. The molecule has 1 unspecified atom stereocenters. The lowest BCUT2D eigenvalue weighted by atomic mass is 10.1. The van der Waals surface area contributed by atoms with E-state index in [0.717, 1.165) is 18.2 Å². The van der Waals surface area contributed by atoms with Gasteiger partial charge in [0.1, 0.15) is 5.69 Å². The zero-order valence-corrected chi connectivity index (χ0v) is 10.6. The molecule has 92 valence electrons. The van der Waals surface area contributed by atoms with Crippen molar-refractivity contribution in [2.24, 2.45) is 5.92 Å². The molecule has 0 bridgehead atoms. The van der Waals surface area contributed by atoms with Gasteiger partial charge in [-0.2, -0.15) is 11.8 Å². The van der Waals surface area contributed by atoms with E-state index in [2.05, 4.69) is 15.0 Å². The average molecular weight is 252 g/mol. The molecule has 0 radical (unpaired) electrons. The predicted molar refractivity (Wildman–Crippen MR) is 69.5 cm³/mol. The van der Waals surface area contributed by atoms with Gasteiger partial charge in [0.15, 0.2) is 0 Å². The molecule has 4 nitrogen and oxygen atoms in total. The zero-order chi connectivity index (χ0) is 12.1. The van der Waals surface area contributed by atoms with Gasteiger partial charge in [0.25, 0.3) is 0 Å². The molecule has 5 heteroatoms. The van der Waals surface area contributed by atoms with Crippen LogP contribution >= 0.6 is 11.8 Å². The van der Waals surface area contributed by atoms with E-state index in [1.807, 2.05) is 17.8 Å². The first-order valence-corrected chi connectivity index (χ1v) is 6.81. The first-order chi connectivity index (χ1) is 8.29. The summed E-state index contributed by atoms with van der Waals surface area (Å²) < 4.78 is 4.64. The standard InChI is InChI=1S/C12H16N2O2S/c1-16-12(15)11-6-10(2-4-13-11)14-7-9-3-5-17-8-9/h2,4,6,9H,3,5,7-8H2,1H3,(H,13,14). The minimum atomic E-state index is -0.398. The second-order valence-electron chi connectivity index (χ2n) is 4.03. The van der Waals surface area contributed by atoms with Crippen molar-refractivity contribution in [2.45, 2.75) is 6.42 Å². The van der Waals surface area contributed by atoms with E-state index in [-0.39, 0.29) is 0 Å². The number of rotatable bonds is 4. The number of ether oxygens (including phenoxy) is 1. The number of nitrogens with zero attached hydrogens (tertiary/aromatic N) is 1. The fraction of sp³-hybridized carbons (Fsp3) is 0.500. The van der Waals surface area contributed by atoms with Gasteiger partial charge in [-0.05, 0) is 36.0 Å². The second kappa shape index (κ2) is 5.91. The molecule has 0 aromatic carbocycles. The second-order valence-corrected chi connectivity index (χ2v) is 5.18. The predicted octanol–water partition coefficient (Wildman–Crippen LogP) is 2.03. The average Bonchev–Trinajstić information content (AvgIpc) is 2.89. The molecule has 17 heavy (non-hydrogen) atoms. The monoisotopic (exact) mass is 252 g/mol. The number of anilines is 1. The first kappa shape index (κ1) is 12.2. The maximum atomic E-state index is 11.3. The Labute approximate surface area is 105 Å². The molecule has 0 aliphatic carbocycles. The van der Waals surface area contributed by atoms with Crippen LogP contribution in [-0.2, 0) is 4.74 Å². The van der Waals surface area contributed by atoms with E-state index in [1.54, 1.807) is 12.3 Å². The van der Waals surface area contributed by atoms with E-state index in [4.69, 9.17) is 0 Å². The number of methoxy groups -OCH3 is 1. The maximum absolute atomic E-state index is 11.3. The number of esters is 1. The number of pyridine rings is 1. The molecule has 0 saturated carbocycles. The van der Waals surface area contributed by atoms with Crippen LogP contribution in [0.4, 0.5) is 5.69 Å². The Hall–Kier alpha value is -1.23. The quantitative estimate of drug-likeness (QED) is 0.831. The number of nitrogens with one attached hydrogen (secondary N) is 1. The van der Waals surface area contributed by atoms with Crippen LogP contribution in [-0.4, -0.2) is 36.1 Å². The Morgan fingerprint density at radius 3 is 3.29 bits per heavy atom. The lowest BCUT2D eigenvalue weighted by molar-refractivity contribution is 0.0594. The zero-order valence-electron chi connectivity index (χ0n) is 9.81. The van der Waals surface area contributed by atoms with Gasteiger partial charge < -0.3 is 10.1 Å². The third-order valence-electron chi connectivity index (χ3n) is 2.77. The van der Waals surface area contributed by atoms with Crippen LogP contribution in [0.25, 0.3) is 0 Å². The Bertz CT molecular complexity index is 392. The van der Waals surface area contributed by atoms with Crippen LogP contribution < -0.4 is 5.32 Å². The fourth-order valence-corrected chi connectivity index (χ4v) is 3.05. The molecule has 2 rings (SSSR count). The molecule has 2 heterocycles. The third kappa shape index (κ3) is 3.36. The minimum absolute atomic E-state index is 0.346. The van der Waals surface area contributed by atoms with Gasteiger partial charge in [0.2, 0.25) is 0 Å². The van der Waals surface area contributed by atoms with Gasteiger partial charge in [0.05, 0.1) is 7.11 Å². The van der Waals surface area contributed by atoms with E-state index in [9.17, 15) is 4.79 Å². The molecular formula is C12H16N2O2S. The Morgan fingerprint density at radius 1 is 1.71 bits per heavy atom. The number of thioether (sulfide) groups is 1. The SMILES string of the molecule is COC(=O)c1cc(NCC2CCSC2)ccn1. The highest BCUT2D eigenvalue weighted by Gasteiger charge is 2.15. The summed E-state index contributed by atoms with van der Waals surface area (Å²) in [6, 6.07) is 3.60. The van der Waals surface area contributed by atoms with Crippen molar-refractivity contribution < 1.29 is 9.53 Å². The van der Waals surface area contributed by atoms with Gasteiger partial charge in [-0.25, -0.2) is 9.78 Å². The summed E-state index contributed by atoms with van der Waals surface area (Å²) in [7, 11) is 1.36.